The highest BCUT2D eigenvalue weighted by atomic mass is 32.2. The Kier molecular flexibility index (Phi) is 4.47. The molecule has 20 heavy (non-hydrogen) atoms. The van der Waals surface area contributed by atoms with Crippen LogP contribution in [0.25, 0.3) is 0 Å². The highest BCUT2D eigenvalue weighted by molar-refractivity contribution is 7.91. The molecule has 0 atom stereocenters. The summed E-state index contributed by atoms with van der Waals surface area (Å²) in [4.78, 5) is 0. The molecular formula is C14H18N2O2S2. The number of hydrogen-bond acceptors (Lipinski definition) is 4. The van der Waals surface area contributed by atoms with Crippen LogP contribution in [0.15, 0.2) is 39.9 Å². The smallest absolute Gasteiger partial charge is 0.252 e. The number of sulfonamides is 1. The second kappa shape index (κ2) is 5.95. The van der Waals surface area contributed by atoms with E-state index in [9.17, 15) is 8.42 Å². The first-order valence-electron chi connectivity index (χ1n) is 6.33. The fourth-order valence-electron chi connectivity index (χ4n) is 1.97. The summed E-state index contributed by atoms with van der Waals surface area (Å²) in [6.07, 6.45) is 0. The van der Waals surface area contributed by atoms with Gasteiger partial charge in [-0.05, 0) is 18.6 Å². The third-order valence-corrected chi connectivity index (χ3v) is 6.34. The van der Waals surface area contributed by atoms with E-state index in [1.165, 1.54) is 10.4 Å². The van der Waals surface area contributed by atoms with Crippen LogP contribution in [0.2, 0.25) is 0 Å². The van der Waals surface area contributed by atoms with Crippen LogP contribution >= 0.6 is 11.3 Å². The number of nitrogens with zero attached hydrogens (tertiary/aromatic N) is 1. The number of aryl methyl sites for hydroxylation is 1. The van der Waals surface area contributed by atoms with Crippen molar-refractivity contribution >= 4 is 27.0 Å². The lowest BCUT2D eigenvalue weighted by molar-refractivity contribution is 0.425. The fraction of sp³-hybridized carbons (Fsp3) is 0.286. The monoisotopic (exact) mass is 310 g/mol. The summed E-state index contributed by atoms with van der Waals surface area (Å²) in [5.41, 5.74) is 8.21. The van der Waals surface area contributed by atoms with Gasteiger partial charge in [0.05, 0.1) is 0 Å². The van der Waals surface area contributed by atoms with E-state index in [0.717, 1.165) is 22.5 Å². The third kappa shape index (κ3) is 3.20. The molecule has 6 heteroatoms. The van der Waals surface area contributed by atoms with Gasteiger partial charge in [0, 0.05) is 24.2 Å². The number of benzene rings is 1. The van der Waals surface area contributed by atoms with E-state index >= 15 is 0 Å². The minimum atomic E-state index is -3.47. The molecule has 0 unspecified atom stereocenters. The number of nitrogens with two attached hydrogens (primary N) is 1. The lowest BCUT2D eigenvalue weighted by Gasteiger charge is -2.19. The fourth-order valence-corrected chi connectivity index (χ4v) is 4.64. The van der Waals surface area contributed by atoms with Crippen molar-refractivity contribution in [2.45, 2.75) is 24.6 Å². The SMILES string of the molecule is CCN(Cc1cccc(C)c1)S(=O)(=O)c1cc(N)cs1. The molecule has 0 aliphatic rings. The zero-order valence-electron chi connectivity index (χ0n) is 11.5. The molecule has 0 amide bonds. The zero-order valence-corrected chi connectivity index (χ0v) is 13.2. The molecule has 1 aromatic carbocycles. The van der Waals surface area contributed by atoms with Crippen LogP contribution in [-0.2, 0) is 16.6 Å². The topological polar surface area (TPSA) is 63.4 Å². The molecule has 2 aromatic rings. The molecule has 0 saturated carbocycles. The summed E-state index contributed by atoms with van der Waals surface area (Å²) in [5, 5.41) is 1.65. The molecule has 0 spiro atoms. The van der Waals surface area contributed by atoms with E-state index in [0.29, 0.717) is 23.0 Å². The molecule has 0 saturated heterocycles. The molecule has 108 valence electrons. The van der Waals surface area contributed by atoms with Gasteiger partial charge in [0.15, 0.2) is 0 Å². The minimum Gasteiger partial charge on any atom is -0.398 e. The van der Waals surface area contributed by atoms with Gasteiger partial charge in [-0.1, -0.05) is 36.8 Å². The molecular weight excluding hydrogens is 292 g/mol. The average molecular weight is 310 g/mol. The summed E-state index contributed by atoms with van der Waals surface area (Å²) >= 11 is 1.16. The number of anilines is 1. The van der Waals surface area contributed by atoms with Crippen molar-refractivity contribution in [2.24, 2.45) is 0 Å². The summed E-state index contributed by atoms with van der Waals surface area (Å²) in [5.74, 6) is 0. The molecule has 1 aromatic heterocycles. The van der Waals surface area contributed by atoms with Crippen molar-refractivity contribution in [3.8, 4) is 0 Å². The molecule has 1 heterocycles. The van der Waals surface area contributed by atoms with E-state index in [4.69, 9.17) is 5.73 Å². The van der Waals surface area contributed by atoms with Crippen LogP contribution in [0, 0.1) is 6.92 Å². The van der Waals surface area contributed by atoms with Gasteiger partial charge >= 0.3 is 0 Å². The van der Waals surface area contributed by atoms with Gasteiger partial charge in [-0.15, -0.1) is 11.3 Å². The molecule has 0 bridgehead atoms. The Morgan fingerprint density at radius 1 is 1.30 bits per heavy atom. The maximum absolute atomic E-state index is 12.5. The lowest BCUT2D eigenvalue weighted by atomic mass is 10.1. The van der Waals surface area contributed by atoms with Gasteiger partial charge < -0.3 is 5.73 Å². The molecule has 0 radical (unpaired) electrons. The molecule has 0 fully saturated rings. The lowest BCUT2D eigenvalue weighted by Crippen LogP contribution is -2.29. The number of thiophene rings is 1. The maximum atomic E-state index is 12.5. The average Bonchev–Trinajstić information content (AvgIpc) is 2.83. The highest BCUT2D eigenvalue weighted by Gasteiger charge is 2.24. The summed E-state index contributed by atoms with van der Waals surface area (Å²) < 4.78 is 26.9. The van der Waals surface area contributed by atoms with E-state index in [1.807, 2.05) is 38.1 Å². The Bertz CT molecular complexity index is 693. The highest BCUT2D eigenvalue weighted by Crippen LogP contribution is 2.26. The van der Waals surface area contributed by atoms with Crippen molar-refractivity contribution < 1.29 is 8.42 Å². The van der Waals surface area contributed by atoms with E-state index < -0.39 is 10.0 Å². The van der Waals surface area contributed by atoms with Crippen LogP contribution < -0.4 is 5.73 Å². The minimum absolute atomic E-state index is 0.296. The predicted octanol–water partition coefficient (Wildman–Crippen LogP) is 2.85. The summed E-state index contributed by atoms with van der Waals surface area (Å²) in [6.45, 7) is 4.63. The maximum Gasteiger partial charge on any atom is 0.252 e. The largest absolute Gasteiger partial charge is 0.398 e. The standard InChI is InChI=1S/C14H18N2O2S2/c1-3-16(9-12-6-4-5-11(2)7-12)20(17,18)14-8-13(15)10-19-14/h4-8,10H,3,9,15H2,1-2H3. The van der Waals surface area contributed by atoms with E-state index in [2.05, 4.69) is 0 Å². The zero-order chi connectivity index (χ0) is 14.8. The molecule has 2 rings (SSSR count). The Hall–Kier alpha value is -1.37. The van der Waals surface area contributed by atoms with Gasteiger partial charge in [-0.3, -0.25) is 0 Å². The van der Waals surface area contributed by atoms with Crippen molar-refractivity contribution in [1.29, 1.82) is 0 Å². The Morgan fingerprint density at radius 2 is 2.05 bits per heavy atom. The van der Waals surface area contributed by atoms with Crippen LogP contribution in [0.4, 0.5) is 5.69 Å². The van der Waals surface area contributed by atoms with Crippen LogP contribution in [0.5, 0.6) is 0 Å². The third-order valence-electron chi connectivity index (χ3n) is 2.98. The van der Waals surface area contributed by atoms with Crippen molar-refractivity contribution in [3.05, 3.63) is 46.8 Å². The molecule has 0 aliphatic carbocycles. The number of nitrogen functional groups attached to an aromatic ring is 1. The summed E-state index contributed by atoms with van der Waals surface area (Å²) in [7, 11) is -3.47. The van der Waals surface area contributed by atoms with Crippen LogP contribution in [-0.4, -0.2) is 19.3 Å². The van der Waals surface area contributed by atoms with Gasteiger partial charge in [0.2, 0.25) is 0 Å². The van der Waals surface area contributed by atoms with Crippen molar-refractivity contribution in [3.63, 3.8) is 0 Å². The Balaban J connectivity index is 2.28. The van der Waals surface area contributed by atoms with Crippen molar-refractivity contribution in [2.75, 3.05) is 12.3 Å². The van der Waals surface area contributed by atoms with Crippen molar-refractivity contribution in [1.82, 2.24) is 4.31 Å². The number of rotatable bonds is 5. The molecule has 4 nitrogen and oxygen atoms in total. The van der Waals surface area contributed by atoms with Gasteiger partial charge in [0.1, 0.15) is 4.21 Å². The van der Waals surface area contributed by atoms with Gasteiger partial charge in [-0.25, -0.2) is 8.42 Å². The van der Waals surface area contributed by atoms with E-state index in [1.54, 1.807) is 5.38 Å². The molecule has 0 aliphatic heterocycles. The first-order valence-corrected chi connectivity index (χ1v) is 8.65. The van der Waals surface area contributed by atoms with Crippen LogP contribution in [0.3, 0.4) is 0 Å². The van der Waals surface area contributed by atoms with E-state index in [-0.39, 0.29) is 0 Å². The van der Waals surface area contributed by atoms with Gasteiger partial charge in [-0.2, -0.15) is 4.31 Å². The first kappa shape index (κ1) is 15.0. The molecule has 2 N–H and O–H groups in total. The Labute approximate surface area is 123 Å². The normalized spacial score (nSPS) is 11.9. The quantitative estimate of drug-likeness (QED) is 0.923. The van der Waals surface area contributed by atoms with Gasteiger partial charge in [0.25, 0.3) is 10.0 Å². The Morgan fingerprint density at radius 3 is 2.60 bits per heavy atom. The number of hydrogen-bond donors (Lipinski definition) is 1. The predicted molar refractivity (Wildman–Crippen MR) is 83.2 cm³/mol. The second-order valence-corrected chi connectivity index (χ2v) is 7.70. The van der Waals surface area contributed by atoms with Crippen LogP contribution in [0.1, 0.15) is 18.1 Å². The second-order valence-electron chi connectivity index (χ2n) is 4.62. The first-order chi connectivity index (χ1) is 9.43. The summed E-state index contributed by atoms with van der Waals surface area (Å²) in [6, 6.07) is 9.39.